The average Bonchev–Trinajstić information content (AvgIpc) is 2.96. The molecule has 1 amide bonds. The molecule has 2 fully saturated rings. The van der Waals surface area contributed by atoms with Crippen LogP contribution in [-0.2, 0) is 4.79 Å². The minimum atomic E-state index is 0.142. The lowest BCUT2D eigenvalue weighted by Crippen LogP contribution is -2.20. The van der Waals surface area contributed by atoms with E-state index in [0.717, 1.165) is 23.1 Å². The first-order valence-corrected chi connectivity index (χ1v) is 7.55. The SMILES string of the molecule is Cc1ccc(Cl)cc1NC(=O)CC1CC2CCC1C2. The first-order chi connectivity index (χ1) is 9.11. The Bertz CT molecular complexity index is 500. The fourth-order valence-corrected chi connectivity index (χ4v) is 3.97. The number of fused-ring (bicyclic) bond motifs is 2. The summed E-state index contributed by atoms with van der Waals surface area (Å²) in [6.07, 6.45) is 6.00. The standard InChI is InChI=1S/C16H20ClNO/c1-10-2-5-14(17)9-15(10)18-16(19)8-13-7-11-3-4-12(13)6-11/h2,5,9,11-13H,3-4,6-8H2,1H3,(H,18,19). The molecule has 3 unspecified atom stereocenters. The summed E-state index contributed by atoms with van der Waals surface area (Å²) in [6, 6.07) is 5.62. The van der Waals surface area contributed by atoms with Crippen molar-refractivity contribution in [2.45, 2.75) is 39.0 Å². The Kier molecular flexibility index (Phi) is 3.53. The molecule has 2 aliphatic carbocycles. The van der Waals surface area contributed by atoms with Gasteiger partial charge in [-0.2, -0.15) is 0 Å². The van der Waals surface area contributed by atoms with Crippen LogP contribution in [0.3, 0.4) is 0 Å². The Labute approximate surface area is 119 Å². The number of carbonyl (C=O) groups excluding carboxylic acids is 1. The zero-order valence-corrected chi connectivity index (χ0v) is 12.0. The Balaban J connectivity index is 1.61. The van der Waals surface area contributed by atoms with E-state index in [9.17, 15) is 4.79 Å². The van der Waals surface area contributed by atoms with Gasteiger partial charge in [-0.3, -0.25) is 4.79 Å². The number of rotatable bonds is 3. The van der Waals surface area contributed by atoms with E-state index in [1.165, 1.54) is 25.7 Å². The average molecular weight is 278 g/mol. The van der Waals surface area contributed by atoms with Crippen molar-refractivity contribution in [3.05, 3.63) is 28.8 Å². The Morgan fingerprint density at radius 1 is 1.37 bits per heavy atom. The fraction of sp³-hybridized carbons (Fsp3) is 0.562. The van der Waals surface area contributed by atoms with E-state index in [1.807, 2.05) is 25.1 Å². The molecule has 2 aliphatic rings. The van der Waals surface area contributed by atoms with Crippen molar-refractivity contribution in [3.8, 4) is 0 Å². The van der Waals surface area contributed by atoms with Gasteiger partial charge in [0.1, 0.15) is 0 Å². The van der Waals surface area contributed by atoms with Crippen LogP contribution in [0, 0.1) is 24.7 Å². The van der Waals surface area contributed by atoms with Crippen LogP contribution in [0.15, 0.2) is 18.2 Å². The molecular formula is C16H20ClNO. The number of halogens is 1. The Morgan fingerprint density at radius 3 is 2.89 bits per heavy atom. The minimum absolute atomic E-state index is 0.142. The number of benzene rings is 1. The van der Waals surface area contributed by atoms with E-state index in [4.69, 9.17) is 11.6 Å². The van der Waals surface area contributed by atoms with E-state index < -0.39 is 0 Å². The molecule has 3 atom stereocenters. The molecule has 0 aromatic heterocycles. The van der Waals surface area contributed by atoms with Gasteiger partial charge in [0.05, 0.1) is 0 Å². The third-order valence-electron chi connectivity index (χ3n) is 4.81. The van der Waals surface area contributed by atoms with E-state index in [-0.39, 0.29) is 5.91 Å². The molecule has 0 spiro atoms. The van der Waals surface area contributed by atoms with Gasteiger partial charge < -0.3 is 5.32 Å². The summed E-state index contributed by atoms with van der Waals surface area (Å²) in [6.45, 7) is 1.99. The van der Waals surface area contributed by atoms with Gasteiger partial charge in [-0.15, -0.1) is 0 Å². The molecule has 1 aromatic rings. The highest BCUT2D eigenvalue weighted by Crippen LogP contribution is 2.49. The molecule has 0 aliphatic heterocycles. The normalized spacial score (nSPS) is 28.6. The van der Waals surface area contributed by atoms with Crippen molar-refractivity contribution < 1.29 is 4.79 Å². The molecule has 102 valence electrons. The van der Waals surface area contributed by atoms with Crippen molar-refractivity contribution >= 4 is 23.2 Å². The van der Waals surface area contributed by atoms with Gasteiger partial charge in [-0.1, -0.05) is 24.1 Å². The van der Waals surface area contributed by atoms with Crippen LogP contribution in [0.25, 0.3) is 0 Å². The van der Waals surface area contributed by atoms with Gasteiger partial charge in [0.2, 0.25) is 5.91 Å². The summed E-state index contributed by atoms with van der Waals surface area (Å²) in [4.78, 5) is 12.2. The van der Waals surface area contributed by atoms with Gasteiger partial charge in [0.15, 0.2) is 0 Å². The zero-order chi connectivity index (χ0) is 13.4. The van der Waals surface area contributed by atoms with Crippen molar-refractivity contribution in [2.75, 3.05) is 5.32 Å². The molecule has 2 bridgehead atoms. The van der Waals surface area contributed by atoms with Crippen LogP contribution in [0.2, 0.25) is 5.02 Å². The minimum Gasteiger partial charge on any atom is -0.326 e. The predicted octanol–water partition coefficient (Wildman–Crippen LogP) is 4.41. The smallest absolute Gasteiger partial charge is 0.224 e. The first kappa shape index (κ1) is 13.0. The van der Waals surface area contributed by atoms with E-state index in [1.54, 1.807) is 0 Å². The Hall–Kier alpha value is -1.02. The molecule has 2 saturated carbocycles. The fourth-order valence-electron chi connectivity index (χ4n) is 3.79. The van der Waals surface area contributed by atoms with E-state index in [0.29, 0.717) is 17.4 Å². The molecular weight excluding hydrogens is 258 g/mol. The van der Waals surface area contributed by atoms with Gasteiger partial charge >= 0.3 is 0 Å². The third kappa shape index (κ3) is 2.79. The summed E-state index contributed by atoms with van der Waals surface area (Å²) in [5, 5.41) is 3.68. The summed E-state index contributed by atoms with van der Waals surface area (Å²) in [5.41, 5.74) is 1.91. The van der Waals surface area contributed by atoms with Gasteiger partial charge in [0.25, 0.3) is 0 Å². The first-order valence-electron chi connectivity index (χ1n) is 7.18. The number of anilines is 1. The maximum Gasteiger partial charge on any atom is 0.224 e. The number of aryl methyl sites for hydroxylation is 1. The highest BCUT2D eigenvalue weighted by molar-refractivity contribution is 6.31. The molecule has 3 rings (SSSR count). The second-order valence-corrected chi connectivity index (χ2v) is 6.58. The Morgan fingerprint density at radius 2 is 2.21 bits per heavy atom. The van der Waals surface area contributed by atoms with Crippen molar-refractivity contribution in [1.82, 2.24) is 0 Å². The lowest BCUT2D eigenvalue weighted by Gasteiger charge is -2.21. The lowest BCUT2D eigenvalue weighted by atomic mass is 9.86. The second-order valence-electron chi connectivity index (χ2n) is 6.15. The van der Waals surface area contributed by atoms with Crippen molar-refractivity contribution in [1.29, 1.82) is 0 Å². The van der Waals surface area contributed by atoms with E-state index >= 15 is 0 Å². The van der Waals surface area contributed by atoms with Crippen LogP contribution in [0.5, 0.6) is 0 Å². The summed E-state index contributed by atoms with van der Waals surface area (Å²) in [7, 11) is 0. The molecule has 1 N–H and O–H groups in total. The summed E-state index contributed by atoms with van der Waals surface area (Å²) < 4.78 is 0. The van der Waals surface area contributed by atoms with Crippen LogP contribution >= 0.6 is 11.6 Å². The molecule has 0 radical (unpaired) electrons. The van der Waals surface area contributed by atoms with Crippen LogP contribution < -0.4 is 5.32 Å². The second kappa shape index (κ2) is 5.16. The van der Waals surface area contributed by atoms with E-state index in [2.05, 4.69) is 5.32 Å². The largest absolute Gasteiger partial charge is 0.326 e. The summed E-state index contributed by atoms with van der Waals surface area (Å²) >= 11 is 5.97. The molecule has 0 heterocycles. The van der Waals surface area contributed by atoms with Crippen molar-refractivity contribution in [2.24, 2.45) is 17.8 Å². The maximum atomic E-state index is 12.2. The number of hydrogen-bond acceptors (Lipinski definition) is 1. The lowest BCUT2D eigenvalue weighted by molar-refractivity contribution is -0.117. The predicted molar refractivity (Wildman–Crippen MR) is 78.4 cm³/mol. The van der Waals surface area contributed by atoms with Crippen molar-refractivity contribution in [3.63, 3.8) is 0 Å². The number of hydrogen-bond donors (Lipinski definition) is 1. The number of amides is 1. The highest BCUT2D eigenvalue weighted by atomic mass is 35.5. The third-order valence-corrected chi connectivity index (χ3v) is 5.04. The maximum absolute atomic E-state index is 12.2. The van der Waals surface area contributed by atoms with Gasteiger partial charge in [-0.05, 0) is 61.6 Å². The molecule has 3 heteroatoms. The molecule has 0 saturated heterocycles. The zero-order valence-electron chi connectivity index (χ0n) is 11.3. The number of carbonyl (C=O) groups is 1. The van der Waals surface area contributed by atoms with Crippen LogP contribution in [-0.4, -0.2) is 5.91 Å². The monoisotopic (exact) mass is 277 g/mol. The topological polar surface area (TPSA) is 29.1 Å². The number of nitrogens with one attached hydrogen (secondary N) is 1. The summed E-state index contributed by atoms with van der Waals surface area (Å²) in [5.74, 6) is 2.45. The quantitative estimate of drug-likeness (QED) is 0.871. The van der Waals surface area contributed by atoms with Crippen LogP contribution in [0.1, 0.15) is 37.7 Å². The molecule has 1 aromatic carbocycles. The van der Waals surface area contributed by atoms with Gasteiger partial charge in [0, 0.05) is 17.1 Å². The van der Waals surface area contributed by atoms with Gasteiger partial charge in [-0.25, -0.2) is 0 Å². The molecule has 19 heavy (non-hydrogen) atoms. The highest BCUT2D eigenvalue weighted by Gasteiger charge is 2.40. The van der Waals surface area contributed by atoms with Crippen LogP contribution in [0.4, 0.5) is 5.69 Å². The molecule has 2 nitrogen and oxygen atoms in total.